The van der Waals surface area contributed by atoms with E-state index in [1.165, 1.54) is 11.1 Å². The SMILES string of the molecule is Cc1cccc(Cc2ncc(C=O)cn2)c1. The van der Waals surface area contributed by atoms with Crippen LogP contribution in [0.3, 0.4) is 0 Å². The summed E-state index contributed by atoms with van der Waals surface area (Å²) < 4.78 is 0. The van der Waals surface area contributed by atoms with Crippen LogP contribution < -0.4 is 0 Å². The van der Waals surface area contributed by atoms with E-state index in [2.05, 4.69) is 29.0 Å². The van der Waals surface area contributed by atoms with Gasteiger partial charge in [-0.2, -0.15) is 0 Å². The summed E-state index contributed by atoms with van der Waals surface area (Å²) in [4.78, 5) is 18.7. The van der Waals surface area contributed by atoms with Gasteiger partial charge >= 0.3 is 0 Å². The lowest BCUT2D eigenvalue weighted by molar-refractivity contribution is 0.112. The van der Waals surface area contributed by atoms with Gasteiger partial charge in [-0.15, -0.1) is 0 Å². The molecule has 0 atom stereocenters. The van der Waals surface area contributed by atoms with Crippen molar-refractivity contribution in [2.24, 2.45) is 0 Å². The van der Waals surface area contributed by atoms with Gasteiger partial charge in [0.25, 0.3) is 0 Å². The Hall–Kier alpha value is -2.03. The first-order valence-corrected chi connectivity index (χ1v) is 5.09. The summed E-state index contributed by atoms with van der Waals surface area (Å²) in [6.07, 6.45) is 4.54. The van der Waals surface area contributed by atoms with Crippen molar-refractivity contribution in [1.29, 1.82) is 0 Å². The molecule has 80 valence electrons. The third kappa shape index (κ3) is 2.51. The zero-order valence-electron chi connectivity index (χ0n) is 9.05. The van der Waals surface area contributed by atoms with Crippen LogP contribution in [-0.2, 0) is 6.42 Å². The Morgan fingerprint density at radius 1 is 1.25 bits per heavy atom. The Bertz CT molecular complexity index is 492. The molecule has 0 saturated heterocycles. The third-order valence-corrected chi connectivity index (χ3v) is 2.31. The first-order valence-electron chi connectivity index (χ1n) is 5.09. The van der Waals surface area contributed by atoms with Gasteiger partial charge in [0.05, 0.1) is 5.56 Å². The van der Waals surface area contributed by atoms with Crippen LogP contribution in [0.5, 0.6) is 0 Å². The smallest absolute Gasteiger partial charge is 0.153 e. The lowest BCUT2D eigenvalue weighted by atomic mass is 10.1. The van der Waals surface area contributed by atoms with Gasteiger partial charge in [-0.3, -0.25) is 4.79 Å². The van der Waals surface area contributed by atoms with Gasteiger partial charge in [-0.1, -0.05) is 29.8 Å². The summed E-state index contributed by atoms with van der Waals surface area (Å²) in [5.41, 5.74) is 2.91. The predicted molar refractivity (Wildman–Crippen MR) is 61.4 cm³/mol. The molecule has 0 radical (unpaired) electrons. The first kappa shape index (κ1) is 10.5. The zero-order valence-corrected chi connectivity index (χ0v) is 9.05. The molecule has 16 heavy (non-hydrogen) atoms. The first-order chi connectivity index (χ1) is 7.78. The molecule has 0 bridgehead atoms. The fourth-order valence-corrected chi connectivity index (χ4v) is 1.52. The molecule has 1 heterocycles. The lowest BCUT2D eigenvalue weighted by Gasteiger charge is -2.01. The second-order valence-electron chi connectivity index (χ2n) is 3.72. The Balaban J connectivity index is 2.17. The fourth-order valence-electron chi connectivity index (χ4n) is 1.52. The van der Waals surface area contributed by atoms with Crippen molar-refractivity contribution in [1.82, 2.24) is 9.97 Å². The van der Waals surface area contributed by atoms with Crippen LogP contribution >= 0.6 is 0 Å². The summed E-state index contributed by atoms with van der Waals surface area (Å²) in [7, 11) is 0. The van der Waals surface area contributed by atoms with Gasteiger partial charge < -0.3 is 0 Å². The number of aromatic nitrogens is 2. The molecule has 0 fully saturated rings. The highest BCUT2D eigenvalue weighted by Gasteiger charge is 1.99. The van der Waals surface area contributed by atoms with Crippen LogP contribution in [0.15, 0.2) is 36.7 Å². The van der Waals surface area contributed by atoms with E-state index in [9.17, 15) is 4.79 Å². The fraction of sp³-hybridized carbons (Fsp3) is 0.154. The monoisotopic (exact) mass is 212 g/mol. The van der Waals surface area contributed by atoms with E-state index in [4.69, 9.17) is 0 Å². The minimum Gasteiger partial charge on any atom is -0.298 e. The van der Waals surface area contributed by atoms with Crippen molar-refractivity contribution in [3.63, 3.8) is 0 Å². The number of hydrogen-bond donors (Lipinski definition) is 0. The Morgan fingerprint density at radius 3 is 2.62 bits per heavy atom. The van der Waals surface area contributed by atoms with Crippen LogP contribution in [0.1, 0.15) is 27.3 Å². The molecule has 0 saturated carbocycles. The minimum absolute atomic E-state index is 0.507. The molecule has 0 amide bonds. The minimum atomic E-state index is 0.507. The highest BCUT2D eigenvalue weighted by molar-refractivity contribution is 5.73. The highest BCUT2D eigenvalue weighted by atomic mass is 16.1. The average molecular weight is 212 g/mol. The molecule has 3 nitrogen and oxygen atoms in total. The van der Waals surface area contributed by atoms with Gasteiger partial charge in [0.2, 0.25) is 0 Å². The molecule has 0 aliphatic rings. The lowest BCUT2D eigenvalue weighted by Crippen LogP contribution is -1.97. The van der Waals surface area contributed by atoms with Crippen LogP contribution in [-0.4, -0.2) is 16.3 Å². The summed E-state index contributed by atoms with van der Waals surface area (Å²) in [6, 6.07) is 8.23. The highest BCUT2D eigenvalue weighted by Crippen LogP contribution is 2.07. The molecule has 1 aromatic carbocycles. The molecular formula is C13H12N2O. The number of hydrogen-bond acceptors (Lipinski definition) is 3. The van der Waals surface area contributed by atoms with Crippen molar-refractivity contribution in [2.75, 3.05) is 0 Å². The Morgan fingerprint density at radius 2 is 2.00 bits per heavy atom. The van der Waals surface area contributed by atoms with E-state index in [-0.39, 0.29) is 0 Å². The molecular weight excluding hydrogens is 200 g/mol. The molecule has 0 aliphatic heterocycles. The summed E-state index contributed by atoms with van der Waals surface area (Å²) in [6.45, 7) is 2.06. The molecule has 0 aliphatic carbocycles. The van der Waals surface area contributed by atoms with E-state index in [1.54, 1.807) is 12.4 Å². The summed E-state index contributed by atoms with van der Waals surface area (Å²) >= 11 is 0. The van der Waals surface area contributed by atoms with E-state index < -0.39 is 0 Å². The second kappa shape index (κ2) is 4.66. The van der Waals surface area contributed by atoms with Crippen molar-refractivity contribution in [2.45, 2.75) is 13.3 Å². The second-order valence-corrected chi connectivity index (χ2v) is 3.72. The zero-order chi connectivity index (χ0) is 11.4. The predicted octanol–water partition coefficient (Wildman–Crippen LogP) is 2.19. The van der Waals surface area contributed by atoms with Crippen molar-refractivity contribution in [3.05, 3.63) is 59.2 Å². The van der Waals surface area contributed by atoms with Gasteiger partial charge in [0.1, 0.15) is 5.82 Å². The van der Waals surface area contributed by atoms with E-state index >= 15 is 0 Å². The van der Waals surface area contributed by atoms with Gasteiger partial charge in [-0.25, -0.2) is 9.97 Å². The number of rotatable bonds is 3. The third-order valence-electron chi connectivity index (χ3n) is 2.31. The number of nitrogens with zero attached hydrogens (tertiary/aromatic N) is 2. The maximum Gasteiger partial charge on any atom is 0.153 e. The summed E-state index contributed by atoms with van der Waals surface area (Å²) in [5, 5.41) is 0. The maximum absolute atomic E-state index is 10.4. The largest absolute Gasteiger partial charge is 0.298 e. The van der Waals surface area contributed by atoms with Crippen LogP contribution in [0, 0.1) is 6.92 Å². The van der Waals surface area contributed by atoms with Crippen LogP contribution in [0.2, 0.25) is 0 Å². The van der Waals surface area contributed by atoms with Gasteiger partial charge in [0, 0.05) is 18.8 Å². The standard InChI is InChI=1S/C13H12N2O/c1-10-3-2-4-11(5-10)6-13-14-7-12(9-16)8-15-13/h2-5,7-9H,6H2,1H3. The van der Waals surface area contributed by atoms with Crippen molar-refractivity contribution in [3.8, 4) is 0 Å². The van der Waals surface area contributed by atoms with Gasteiger partial charge in [-0.05, 0) is 12.5 Å². The average Bonchev–Trinajstić information content (AvgIpc) is 2.30. The summed E-state index contributed by atoms with van der Waals surface area (Å²) in [5.74, 6) is 0.733. The number of benzene rings is 1. The topological polar surface area (TPSA) is 42.9 Å². The van der Waals surface area contributed by atoms with E-state index in [0.717, 1.165) is 12.1 Å². The Kier molecular flexibility index (Phi) is 3.05. The Labute approximate surface area is 94.2 Å². The van der Waals surface area contributed by atoms with Crippen molar-refractivity contribution < 1.29 is 4.79 Å². The maximum atomic E-state index is 10.4. The molecule has 3 heteroatoms. The molecule has 0 spiro atoms. The quantitative estimate of drug-likeness (QED) is 0.732. The van der Waals surface area contributed by atoms with Crippen molar-refractivity contribution >= 4 is 6.29 Å². The van der Waals surface area contributed by atoms with Gasteiger partial charge in [0.15, 0.2) is 6.29 Å². The van der Waals surface area contributed by atoms with E-state index in [1.807, 2.05) is 12.1 Å². The van der Waals surface area contributed by atoms with Crippen LogP contribution in [0.25, 0.3) is 0 Å². The molecule has 0 N–H and O–H groups in total. The number of carbonyl (C=O) groups is 1. The number of aldehydes is 1. The van der Waals surface area contributed by atoms with Crippen LogP contribution in [0.4, 0.5) is 0 Å². The molecule has 0 unspecified atom stereocenters. The normalized spacial score (nSPS) is 10.1. The molecule has 2 aromatic rings. The van der Waals surface area contributed by atoms with E-state index in [0.29, 0.717) is 12.0 Å². The number of aryl methyl sites for hydroxylation is 1. The number of carbonyl (C=O) groups excluding carboxylic acids is 1. The molecule has 1 aromatic heterocycles. The molecule has 2 rings (SSSR count).